The molecule has 1 saturated heterocycles. The SMILES string of the molecule is CCOc1ccccc1/C=C/C(=O)Nc1ccc(N2CCN(C)CC2)cc1. The van der Waals surface area contributed by atoms with Crippen LogP contribution in [0.3, 0.4) is 0 Å². The van der Waals surface area contributed by atoms with Crippen LogP contribution in [0.1, 0.15) is 12.5 Å². The Morgan fingerprint density at radius 3 is 2.48 bits per heavy atom. The van der Waals surface area contributed by atoms with Gasteiger partial charge in [-0.05, 0) is 50.4 Å². The van der Waals surface area contributed by atoms with Gasteiger partial charge < -0.3 is 19.9 Å². The van der Waals surface area contributed by atoms with Crippen molar-refractivity contribution in [2.45, 2.75) is 6.92 Å². The van der Waals surface area contributed by atoms with Crippen LogP contribution in [0.2, 0.25) is 0 Å². The molecule has 0 bridgehead atoms. The number of nitrogens with zero attached hydrogens (tertiary/aromatic N) is 2. The predicted octanol–water partition coefficient (Wildman–Crippen LogP) is 3.49. The number of carbonyl (C=O) groups excluding carboxylic acids is 1. The fourth-order valence-electron chi connectivity index (χ4n) is 3.07. The van der Waals surface area contributed by atoms with Crippen LogP contribution < -0.4 is 15.0 Å². The van der Waals surface area contributed by atoms with Crippen molar-refractivity contribution in [1.29, 1.82) is 0 Å². The van der Waals surface area contributed by atoms with Gasteiger partial charge in [-0.2, -0.15) is 0 Å². The van der Waals surface area contributed by atoms with Gasteiger partial charge in [0.2, 0.25) is 5.91 Å². The molecule has 1 N–H and O–H groups in total. The van der Waals surface area contributed by atoms with E-state index in [9.17, 15) is 4.79 Å². The quantitative estimate of drug-likeness (QED) is 0.796. The number of piperazine rings is 1. The molecule has 1 fully saturated rings. The zero-order valence-electron chi connectivity index (χ0n) is 16.0. The van der Waals surface area contributed by atoms with Crippen molar-refractivity contribution in [3.8, 4) is 5.75 Å². The molecule has 0 atom stereocenters. The largest absolute Gasteiger partial charge is 0.493 e. The minimum atomic E-state index is -0.159. The van der Waals surface area contributed by atoms with Crippen LogP contribution in [0.15, 0.2) is 54.6 Å². The summed E-state index contributed by atoms with van der Waals surface area (Å²) in [4.78, 5) is 16.9. The lowest BCUT2D eigenvalue weighted by Gasteiger charge is -2.34. The van der Waals surface area contributed by atoms with Gasteiger partial charge in [-0.3, -0.25) is 4.79 Å². The van der Waals surface area contributed by atoms with E-state index in [1.807, 2.05) is 43.3 Å². The number of hydrogen-bond donors (Lipinski definition) is 1. The average Bonchev–Trinajstić information content (AvgIpc) is 2.69. The second-order valence-corrected chi connectivity index (χ2v) is 6.63. The maximum Gasteiger partial charge on any atom is 0.248 e. The highest BCUT2D eigenvalue weighted by Gasteiger charge is 2.14. The van der Waals surface area contributed by atoms with Crippen molar-refractivity contribution in [3.05, 3.63) is 60.2 Å². The zero-order chi connectivity index (χ0) is 19.1. The number of likely N-dealkylation sites (N-methyl/N-ethyl adjacent to an activating group) is 1. The second-order valence-electron chi connectivity index (χ2n) is 6.63. The number of ether oxygens (including phenoxy) is 1. The monoisotopic (exact) mass is 365 g/mol. The van der Waals surface area contributed by atoms with Gasteiger partial charge in [-0.1, -0.05) is 18.2 Å². The molecule has 0 spiro atoms. The molecule has 27 heavy (non-hydrogen) atoms. The molecule has 1 amide bonds. The summed E-state index contributed by atoms with van der Waals surface area (Å²) in [5, 5.41) is 2.91. The molecule has 1 aliphatic rings. The highest BCUT2D eigenvalue weighted by Crippen LogP contribution is 2.21. The standard InChI is InChI=1S/C22H27N3O2/c1-3-27-21-7-5-4-6-18(21)8-13-22(26)23-19-9-11-20(12-10-19)25-16-14-24(2)15-17-25/h4-13H,3,14-17H2,1-2H3,(H,23,26)/b13-8+. The Balaban J connectivity index is 1.58. The molecule has 5 nitrogen and oxygen atoms in total. The predicted molar refractivity (Wildman–Crippen MR) is 111 cm³/mol. The van der Waals surface area contributed by atoms with Gasteiger partial charge in [-0.25, -0.2) is 0 Å². The molecule has 3 rings (SSSR count). The third-order valence-electron chi connectivity index (χ3n) is 4.64. The lowest BCUT2D eigenvalue weighted by molar-refractivity contribution is -0.111. The molecule has 1 aliphatic heterocycles. The van der Waals surface area contributed by atoms with Gasteiger partial charge in [0, 0.05) is 49.2 Å². The van der Waals surface area contributed by atoms with Gasteiger partial charge in [0.1, 0.15) is 5.75 Å². The first-order chi connectivity index (χ1) is 13.2. The number of rotatable bonds is 6. The van der Waals surface area contributed by atoms with E-state index >= 15 is 0 Å². The average molecular weight is 365 g/mol. The molecular weight excluding hydrogens is 338 g/mol. The Bertz CT molecular complexity index is 778. The highest BCUT2D eigenvalue weighted by atomic mass is 16.5. The highest BCUT2D eigenvalue weighted by molar-refractivity contribution is 6.02. The molecule has 0 saturated carbocycles. The summed E-state index contributed by atoms with van der Waals surface area (Å²) in [6.45, 7) is 6.75. The van der Waals surface area contributed by atoms with Crippen LogP contribution in [0.5, 0.6) is 5.75 Å². The first kappa shape index (κ1) is 19.0. The number of para-hydroxylation sites is 1. The number of amides is 1. The molecule has 0 unspecified atom stereocenters. The van der Waals surface area contributed by atoms with E-state index in [1.165, 1.54) is 11.8 Å². The van der Waals surface area contributed by atoms with E-state index in [4.69, 9.17) is 4.74 Å². The maximum absolute atomic E-state index is 12.2. The summed E-state index contributed by atoms with van der Waals surface area (Å²) in [6, 6.07) is 15.7. The van der Waals surface area contributed by atoms with Crippen LogP contribution >= 0.6 is 0 Å². The molecule has 5 heteroatoms. The fraction of sp³-hybridized carbons (Fsp3) is 0.318. The summed E-state index contributed by atoms with van der Waals surface area (Å²) in [7, 11) is 2.15. The summed E-state index contributed by atoms with van der Waals surface area (Å²) in [6.07, 6.45) is 3.31. The Hall–Kier alpha value is -2.79. The van der Waals surface area contributed by atoms with E-state index < -0.39 is 0 Å². The summed E-state index contributed by atoms with van der Waals surface area (Å²) in [5.74, 6) is 0.620. The van der Waals surface area contributed by atoms with E-state index in [-0.39, 0.29) is 5.91 Å². The van der Waals surface area contributed by atoms with Crippen molar-refractivity contribution in [3.63, 3.8) is 0 Å². The Kier molecular flexibility index (Phi) is 6.49. The molecule has 2 aromatic rings. The van der Waals surface area contributed by atoms with Crippen molar-refractivity contribution in [1.82, 2.24) is 4.90 Å². The maximum atomic E-state index is 12.2. The van der Waals surface area contributed by atoms with Crippen molar-refractivity contribution in [2.24, 2.45) is 0 Å². The summed E-state index contributed by atoms with van der Waals surface area (Å²) < 4.78 is 5.57. The first-order valence-corrected chi connectivity index (χ1v) is 9.40. The van der Waals surface area contributed by atoms with Gasteiger partial charge >= 0.3 is 0 Å². The van der Waals surface area contributed by atoms with Crippen LogP contribution in [0, 0.1) is 0 Å². The smallest absolute Gasteiger partial charge is 0.248 e. The number of carbonyl (C=O) groups is 1. The molecule has 0 aromatic heterocycles. The Morgan fingerprint density at radius 1 is 1.07 bits per heavy atom. The normalized spacial score (nSPS) is 15.1. The van der Waals surface area contributed by atoms with E-state index in [2.05, 4.69) is 34.3 Å². The third-order valence-corrected chi connectivity index (χ3v) is 4.64. The molecular formula is C22H27N3O2. The van der Waals surface area contributed by atoms with E-state index in [1.54, 1.807) is 6.08 Å². The van der Waals surface area contributed by atoms with Gasteiger partial charge in [0.05, 0.1) is 6.61 Å². The van der Waals surface area contributed by atoms with Crippen LogP contribution in [-0.2, 0) is 4.79 Å². The van der Waals surface area contributed by atoms with Gasteiger partial charge in [0.25, 0.3) is 0 Å². The molecule has 0 aliphatic carbocycles. The summed E-state index contributed by atoms with van der Waals surface area (Å²) >= 11 is 0. The lowest BCUT2D eigenvalue weighted by Crippen LogP contribution is -2.44. The van der Waals surface area contributed by atoms with E-state index in [0.717, 1.165) is 43.2 Å². The van der Waals surface area contributed by atoms with Gasteiger partial charge in [0.15, 0.2) is 0 Å². The minimum absolute atomic E-state index is 0.159. The fourth-order valence-corrected chi connectivity index (χ4v) is 3.07. The number of nitrogens with one attached hydrogen (secondary N) is 1. The Morgan fingerprint density at radius 2 is 1.78 bits per heavy atom. The summed E-state index contributed by atoms with van der Waals surface area (Å²) in [5.41, 5.74) is 2.88. The number of anilines is 2. The van der Waals surface area contributed by atoms with Crippen molar-refractivity contribution in [2.75, 3.05) is 50.1 Å². The van der Waals surface area contributed by atoms with Crippen LogP contribution in [0.25, 0.3) is 6.08 Å². The van der Waals surface area contributed by atoms with E-state index in [0.29, 0.717) is 6.61 Å². The zero-order valence-corrected chi connectivity index (χ0v) is 16.0. The van der Waals surface area contributed by atoms with Crippen molar-refractivity contribution < 1.29 is 9.53 Å². The van der Waals surface area contributed by atoms with Crippen molar-refractivity contribution >= 4 is 23.4 Å². The number of benzene rings is 2. The molecule has 0 radical (unpaired) electrons. The first-order valence-electron chi connectivity index (χ1n) is 9.40. The lowest BCUT2D eigenvalue weighted by atomic mass is 10.2. The van der Waals surface area contributed by atoms with Crippen LogP contribution in [-0.4, -0.2) is 50.6 Å². The minimum Gasteiger partial charge on any atom is -0.493 e. The second kappa shape index (κ2) is 9.24. The molecule has 1 heterocycles. The topological polar surface area (TPSA) is 44.8 Å². The number of hydrogen-bond acceptors (Lipinski definition) is 4. The van der Waals surface area contributed by atoms with Crippen LogP contribution in [0.4, 0.5) is 11.4 Å². The molecule has 142 valence electrons. The third kappa shape index (κ3) is 5.34. The van der Waals surface area contributed by atoms with Gasteiger partial charge in [-0.15, -0.1) is 0 Å². The molecule has 2 aromatic carbocycles. The Labute approximate surface area is 161 Å².